The van der Waals surface area contributed by atoms with E-state index in [0.29, 0.717) is 13.0 Å². The van der Waals surface area contributed by atoms with Crippen molar-refractivity contribution in [2.45, 2.75) is 19.3 Å². The van der Waals surface area contributed by atoms with E-state index in [1.807, 2.05) is 0 Å². The van der Waals surface area contributed by atoms with E-state index >= 15 is 0 Å². The van der Waals surface area contributed by atoms with Crippen LogP contribution in [0.25, 0.3) is 0 Å². The number of amides is 2. The number of hydrogen-bond donors (Lipinski definition) is 3. The summed E-state index contributed by atoms with van der Waals surface area (Å²) in [4.78, 5) is 22.4. The Morgan fingerprint density at radius 1 is 1.28 bits per heavy atom. The van der Waals surface area contributed by atoms with E-state index in [0.717, 1.165) is 12.5 Å². The van der Waals surface area contributed by atoms with Gasteiger partial charge in [0.25, 0.3) is 0 Å². The monoisotopic (exact) mass is 253 g/mol. The fourth-order valence-corrected chi connectivity index (χ4v) is 1.42. The number of benzene rings is 1. The molecule has 1 aromatic carbocycles. The number of rotatable bonds is 6. The minimum absolute atomic E-state index is 0.0379. The van der Waals surface area contributed by atoms with Gasteiger partial charge in [0.1, 0.15) is 5.82 Å². The summed E-state index contributed by atoms with van der Waals surface area (Å²) in [6.45, 7) is 0.513. The van der Waals surface area contributed by atoms with Crippen LogP contribution >= 0.6 is 0 Å². The number of hydrogen-bond acceptors (Lipinski definition) is 3. The van der Waals surface area contributed by atoms with Crippen LogP contribution in [0.3, 0.4) is 0 Å². The summed E-state index contributed by atoms with van der Waals surface area (Å²) in [5.74, 6) is -1.59. The van der Waals surface area contributed by atoms with Crippen molar-refractivity contribution in [3.8, 4) is 0 Å². The summed E-state index contributed by atoms with van der Waals surface area (Å²) in [5.41, 5.74) is 10.5. The Bertz CT molecular complexity index is 449. The van der Waals surface area contributed by atoms with Gasteiger partial charge in [0.15, 0.2) is 0 Å². The van der Waals surface area contributed by atoms with Crippen LogP contribution in [-0.2, 0) is 4.79 Å². The Labute approximate surface area is 104 Å². The van der Waals surface area contributed by atoms with Crippen molar-refractivity contribution < 1.29 is 14.0 Å². The third-order valence-corrected chi connectivity index (χ3v) is 2.38. The maximum atomic E-state index is 13.4. The van der Waals surface area contributed by atoms with Crippen LogP contribution in [0.15, 0.2) is 18.2 Å². The average molecular weight is 253 g/mol. The normalized spacial score (nSPS) is 10.1. The van der Waals surface area contributed by atoms with Gasteiger partial charge in [-0.05, 0) is 37.6 Å². The molecule has 0 fully saturated rings. The quantitative estimate of drug-likeness (QED) is 0.659. The van der Waals surface area contributed by atoms with Gasteiger partial charge < -0.3 is 16.8 Å². The van der Waals surface area contributed by atoms with Gasteiger partial charge in [-0.3, -0.25) is 9.59 Å². The van der Waals surface area contributed by atoms with Crippen molar-refractivity contribution >= 4 is 17.5 Å². The van der Waals surface area contributed by atoms with Crippen LogP contribution in [-0.4, -0.2) is 18.4 Å². The van der Waals surface area contributed by atoms with Gasteiger partial charge in [-0.25, -0.2) is 4.39 Å². The maximum Gasteiger partial charge on any atom is 0.248 e. The molecule has 0 heterocycles. The second-order valence-electron chi connectivity index (χ2n) is 3.85. The van der Waals surface area contributed by atoms with Gasteiger partial charge in [-0.1, -0.05) is 0 Å². The lowest BCUT2D eigenvalue weighted by atomic mass is 10.1. The molecule has 0 radical (unpaired) electrons. The predicted octanol–water partition coefficient (Wildman–Crippen LogP) is 0.992. The lowest BCUT2D eigenvalue weighted by molar-refractivity contribution is -0.116. The molecule has 0 saturated heterocycles. The SMILES string of the molecule is NCCCCC(=O)Nc1cc(C(N)=O)ccc1F. The number of nitrogens with two attached hydrogens (primary N) is 2. The van der Waals surface area contributed by atoms with E-state index in [-0.39, 0.29) is 23.6 Å². The van der Waals surface area contributed by atoms with E-state index < -0.39 is 11.7 Å². The highest BCUT2D eigenvalue weighted by atomic mass is 19.1. The Morgan fingerprint density at radius 2 is 2.00 bits per heavy atom. The lowest BCUT2D eigenvalue weighted by Gasteiger charge is -2.07. The first-order chi connectivity index (χ1) is 8.54. The third kappa shape index (κ3) is 4.14. The zero-order valence-corrected chi connectivity index (χ0v) is 9.91. The molecule has 0 aromatic heterocycles. The largest absolute Gasteiger partial charge is 0.366 e. The van der Waals surface area contributed by atoms with Crippen molar-refractivity contribution in [2.24, 2.45) is 11.5 Å². The van der Waals surface area contributed by atoms with Crippen molar-refractivity contribution in [1.82, 2.24) is 0 Å². The van der Waals surface area contributed by atoms with Gasteiger partial charge in [0, 0.05) is 12.0 Å². The number of unbranched alkanes of at least 4 members (excludes halogenated alkanes) is 1. The van der Waals surface area contributed by atoms with Crippen molar-refractivity contribution in [2.75, 3.05) is 11.9 Å². The van der Waals surface area contributed by atoms with Crippen LogP contribution in [0.2, 0.25) is 0 Å². The molecule has 0 unspecified atom stereocenters. The number of halogens is 1. The molecule has 1 rings (SSSR count). The Hall–Kier alpha value is -1.95. The number of nitrogens with one attached hydrogen (secondary N) is 1. The second-order valence-corrected chi connectivity index (χ2v) is 3.85. The molecule has 5 nitrogen and oxygen atoms in total. The molecule has 0 bridgehead atoms. The van der Waals surface area contributed by atoms with Gasteiger partial charge in [0.2, 0.25) is 11.8 Å². The predicted molar refractivity (Wildman–Crippen MR) is 66.5 cm³/mol. The van der Waals surface area contributed by atoms with Gasteiger partial charge in [-0.15, -0.1) is 0 Å². The first-order valence-electron chi connectivity index (χ1n) is 5.64. The van der Waals surface area contributed by atoms with E-state index in [9.17, 15) is 14.0 Å². The van der Waals surface area contributed by atoms with Gasteiger partial charge in [-0.2, -0.15) is 0 Å². The van der Waals surface area contributed by atoms with Crippen LogP contribution in [0.4, 0.5) is 10.1 Å². The van der Waals surface area contributed by atoms with Crippen LogP contribution in [0, 0.1) is 5.82 Å². The molecule has 5 N–H and O–H groups in total. The second kappa shape index (κ2) is 6.70. The summed E-state index contributed by atoms with van der Waals surface area (Å²) >= 11 is 0. The average Bonchev–Trinajstić information content (AvgIpc) is 2.32. The minimum Gasteiger partial charge on any atom is -0.366 e. The van der Waals surface area contributed by atoms with Crippen molar-refractivity contribution in [1.29, 1.82) is 0 Å². The summed E-state index contributed by atoms with van der Waals surface area (Å²) in [6.07, 6.45) is 1.63. The molecular formula is C12H16FN3O2. The number of carbonyl (C=O) groups is 2. The Balaban J connectivity index is 2.68. The Morgan fingerprint density at radius 3 is 2.61 bits per heavy atom. The summed E-state index contributed by atoms with van der Waals surface area (Å²) in [7, 11) is 0. The molecule has 0 aliphatic carbocycles. The number of anilines is 1. The van der Waals surface area contributed by atoms with Crippen molar-refractivity contribution in [3.05, 3.63) is 29.6 Å². The van der Waals surface area contributed by atoms with Gasteiger partial charge in [0.05, 0.1) is 5.69 Å². The lowest BCUT2D eigenvalue weighted by Crippen LogP contribution is -2.15. The zero-order chi connectivity index (χ0) is 13.5. The topological polar surface area (TPSA) is 98.2 Å². The smallest absolute Gasteiger partial charge is 0.248 e. The van der Waals surface area contributed by atoms with Crippen LogP contribution in [0.5, 0.6) is 0 Å². The molecule has 2 amide bonds. The molecule has 98 valence electrons. The highest BCUT2D eigenvalue weighted by Gasteiger charge is 2.09. The van der Waals surface area contributed by atoms with E-state index in [1.54, 1.807) is 0 Å². The molecule has 18 heavy (non-hydrogen) atoms. The first-order valence-corrected chi connectivity index (χ1v) is 5.64. The zero-order valence-electron chi connectivity index (χ0n) is 9.91. The summed E-state index contributed by atoms with van der Waals surface area (Å²) in [5, 5.41) is 2.40. The molecule has 0 spiro atoms. The number of primary amides is 1. The van der Waals surface area contributed by atoms with E-state index in [2.05, 4.69) is 5.32 Å². The molecule has 0 atom stereocenters. The first kappa shape index (κ1) is 14.1. The molecule has 0 aliphatic rings. The fourth-order valence-electron chi connectivity index (χ4n) is 1.42. The van der Waals surface area contributed by atoms with E-state index in [1.165, 1.54) is 12.1 Å². The Kier molecular flexibility index (Phi) is 5.26. The highest BCUT2D eigenvalue weighted by Crippen LogP contribution is 2.16. The molecule has 1 aromatic rings. The minimum atomic E-state index is -0.673. The summed E-state index contributed by atoms with van der Waals surface area (Å²) in [6, 6.07) is 3.58. The fraction of sp³-hybridized carbons (Fsp3) is 0.333. The number of carbonyl (C=O) groups excluding carboxylic acids is 2. The van der Waals surface area contributed by atoms with Gasteiger partial charge >= 0.3 is 0 Å². The molecule has 0 saturated carbocycles. The maximum absolute atomic E-state index is 13.4. The molecule has 6 heteroatoms. The van der Waals surface area contributed by atoms with E-state index in [4.69, 9.17) is 11.5 Å². The standard InChI is InChI=1S/C12H16FN3O2/c13-9-5-4-8(12(15)18)7-10(9)16-11(17)3-1-2-6-14/h4-5,7H,1-3,6,14H2,(H2,15,18)(H,16,17). The molecule has 0 aliphatic heterocycles. The third-order valence-electron chi connectivity index (χ3n) is 2.38. The van der Waals surface area contributed by atoms with Crippen molar-refractivity contribution in [3.63, 3.8) is 0 Å². The van der Waals surface area contributed by atoms with Crippen LogP contribution < -0.4 is 16.8 Å². The molecular weight excluding hydrogens is 237 g/mol. The highest BCUT2D eigenvalue weighted by molar-refractivity contribution is 5.96. The van der Waals surface area contributed by atoms with Crippen LogP contribution in [0.1, 0.15) is 29.6 Å². The summed E-state index contributed by atoms with van der Waals surface area (Å²) < 4.78 is 13.4.